The predicted octanol–water partition coefficient (Wildman–Crippen LogP) is 4.08. The summed E-state index contributed by atoms with van der Waals surface area (Å²) in [5, 5.41) is 5.74. The lowest BCUT2D eigenvalue weighted by molar-refractivity contribution is 0.0600. The maximum Gasteiger partial charge on any atom is 0.337 e. The average Bonchev–Trinajstić information content (AvgIpc) is 3.11. The van der Waals surface area contributed by atoms with E-state index in [0.29, 0.717) is 23.2 Å². The molecule has 5 rings (SSSR count). The maximum atomic E-state index is 12.9. The highest BCUT2D eigenvalue weighted by molar-refractivity contribution is 6.25. The lowest BCUT2D eigenvalue weighted by Crippen LogP contribution is -2.08. The molecule has 0 saturated heterocycles. The Morgan fingerprint density at radius 3 is 2.39 bits per heavy atom. The second kappa shape index (κ2) is 6.16. The van der Waals surface area contributed by atoms with Crippen LogP contribution in [0.15, 0.2) is 66.7 Å². The highest BCUT2D eigenvalue weighted by Crippen LogP contribution is 2.38. The van der Waals surface area contributed by atoms with Crippen LogP contribution in [0.2, 0.25) is 0 Å². The van der Waals surface area contributed by atoms with Crippen molar-refractivity contribution in [2.24, 2.45) is 0 Å². The molecule has 28 heavy (non-hydrogen) atoms. The van der Waals surface area contributed by atoms with Gasteiger partial charge in [0.05, 0.1) is 24.7 Å². The van der Waals surface area contributed by atoms with E-state index in [1.807, 2.05) is 59.3 Å². The first-order valence-electron chi connectivity index (χ1n) is 8.98. The summed E-state index contributed by atoms with van der Waals surface area (Å²) < 4.78 is 6.66. The third kappa shape index (κ3) is 2.36. The summed E-state index contributed by atoms with van der Waals surface area (Å²) in [6.45, 7) is 0.539. The molecule has 0 unspecified atom stereocenters. The molecule has 0 radical (unpaired) electrons. The van der Waals surface area contributed by atoms with Crippen molar-refractivity contribution in [2.45, 2.75) is 6.54 Å². The number of hydrogen-bond acceptors (Lipinski definition) is 4. The van der Waals surface area contributed by atoms with Gasteiger partial charge in [-0.3, -0.25) is 9.48 Å². The molecule has 4 aromatic rings. The van der Waals surface area contributed by atoms with Gasteiger partial charge in [0.1, 0.15) is 5.69 Å². The summed E-state index contributed by atoms with van der Waals surface area (Å²) in [7, 11) is 1.37. The number of carbonyl (C=O) groups is 2. The Labute approximate surface area is 161 Å². The van der Waals surface area contributed by atoms with Gasteiger partial charge in [0.25, 0.3) is 0 Å². The summed E-state index contributed by atoms with van der Waals surface area (Å²) in [6.07, 6.45) is 0. The number of ketones is 1. The summed E-state index contributed by atoms with van der Waals surface area (Å²) in [5.41, 5.74) is 5.54. The van der Waals surface area contributed by atoms with E-state index < -0.39 is 0 Å². The molecular formula is C23H16N2O3. The SMILES string of the molecule is COC(=O)c1ccc(Cn2nc3c4c(cccc42)C(=O)c2ccccc2-3)cc1. The van der Waals surface area contributed by atoms with E-state index in [0.717, 1.165) is 27.7 Å². The normalized spacial score (nSPS) is 12.1. The van der Waals surface area contributed by atoms with Crippen LogP contribution in [0, 0.1) is 0 Å². The standard InChI is InChI=1S/C23H16N2O3/c1-28-23(27)15-11-9-14(10-12-15)13-25-19-8-4-7-18-20(19)21(24-25)16-5-2-3-6-17(16)22(18)26/h2-12H,13H2,1H3. The van der Waals surface area contributed by atoms with Crippen LogP contribution in [-0.2, 0) is 11.3 Å². The quantitative estimate of drug-likeness (QED) is 0.450. The molecule has 1 aromatic heterocycles. The lowest BCUT2D eigenvalue weighted by atomic mass is 9.87. The van der Waals surface area contributed by atoms with E-state index in [2.05, 4.69) is 0 Å². The van der Waals surface area contributed by atoms with E-state index in [9.17, 15) is 9.59 Å². The molecule has 0 N–H and O–H groups in total. The van der Waals surface area contributed by atoms with Gasteiger partial charge in [-0.25, -0.2) is 4.79 Å². The number of hydrogen-bond donors (Lipinski definition) is 0. The van der Waals surface area contributed by atoms with Crippen molar-refractivity contribution in [3.05, 3.63) is 89.0 Å². The summed E-state index contributed by atoms with van der Waals surface area (Å²) in [5.74, 6) is -0.320. The molecule has 0 amide bonds. The van der Waals surface area contributed by atoms with Gasteiger partial charge in [-0.05, 0) is 23.8 Å². The fraction of sp³-hybridized carbons (Fsp3) is 0.0870. The first-order chi connectivity index (χ1) is 13.7. The first kappa shape index (κ1) is 16.4. The Hall–Kier alpha value is -3.73. The van der Waals surface area contributed by atoms with Crippen LogP contribution in [-0.4, -0.2) is 28.6 Å². The molecule has 5 nitrogen and oxygen atoms in total. The molecular weight excluding hydrogens is 352 g/mol. The summed E-state index contributed by atoms with van der Waals surface area (Å²) in [4.78, 5) is 24.5. The third-order valence-corrected chi connectivity index (χ3v) is 5.16. The predicted molar refractivity (Wildman–Crippen MR) is 105 cm³/mol. The number of benzene rings is 3. The number of nitrogens with zero attached hydrogens (tertiary/aromatic N) is 2. The van der Waals surface area contributed by atoms with Crippen molar-refractivity contribution in [3.8, 4) is 11.3 Å². The zero-order valence-corrected chi connectivity index (χ0v) is 15.2. The van der Waals surface area contributed by atoms with Crippen LogP contribution in [0.3, 0.4) is 0 Å². The zero-order chi connectivity index (χ0) is 19.3. The van der Waals surface area contributed by atoms with Crippen LogP contribution in [0.4, 0.5) is 0 Å². The van der Waals surface area contributed by atoms with Gasteiger partial charge in [-0.15, -0.1) is 0 Å². The Bertz CT molecular complexity index is 1250. The number of fused-ring (bicyclic) bond motifs is 2. The van der Waals surface area contributed by atoms with Crippen LogP contribution >= 0.6 is 0 Å². The topological polar surface area (TPSA) is 61.2 Å². The lowest BCUT2D eigenvalue weighted by Gasteiger charge is -2.13. The largest absolute Gasteiger partial charge is 0.465 e. The van der Waals surface area contributed by atoms with Crippen LogP contribution in [0.1, 0.15) is 31.8 Å². The molecule has 0 aliphatic heterocycles. The van der Waals surface area contributed by atoms with Gasteiger partial charge in [-0.2, -0.15) is 5.10 Å². The molecule has 0 fully saturated rings. The van der Waals surface area contributed by atoms with Crippen LogP contribution in [0.25, 0.3) is 22.2 Å². The fourth-order valence-electron chi connectivity index (χ4n) is 3.80. The second-order valence-corrected chi connectivity index (χ2v) is 6.77. The average molecular weight is 368 g/mol. The molecule has 0 saturated carbocycles. The number of ether oxygens (including phenoxy) is 1. The Morgan fingerprint density at radius 2 is 1.64 bits per heavy atom. The second-order valence-electron chi connectivity index (χ2n) is 6.77. The minimum atomic E-state index is -0.357. The smallest absolute Gasteiger partial charge is 0.337 e. The van der Waals surface area contributed by atoms with Crippen molar-refractivity contribution < 1.29 is 14.3 Å². The first-order valence-corrected chi connectivity index (χ1v) is 8.98. The maximum absolute atomic E-state index is 12.9. The molecule has 1 aliphatic carbocycles. The minimum absolute atomic E-state index is 0.0377. The van der Waals surface area contributed by atoms with Crippen molar-refractivity contribution in [2.75, 3.05) is 7.11 Å². The molecule has 1 aliphatic rings. The van der Waals surface area contributed by atoms with Crippen molar-refractivity contribution >= 4 is 22.7 Å². The van der Waals surface area contributed by atoms with Gasteiger partial charge in [0.2, 0.25) is 0 Å². The molecule has 5 heteroatoms. The van der Waals surface area contributed by atoms with Crippen LogP contribution in [0.5, 0.6) is 0 Å². The van der Waals surface area contributed by atoms with E-state index in [1.54, 1.807) is 12.1 Å². The molecule has 136 valence electrons. The third-order valence-electron chi connectivity index (χ3n) is 5.16. The molecule has 1 heterocycles. The number of esters is 1. The summed E-state index contributed by atoms with van der Waals surface area (Å²) in [6, 6.07) is 20.6. The van der Waals surface area contributed by atoms with Crippen molar-refractivity contribution in [1.29, 1.82) is 0 Å². The van der Waals surface area contributed by atoms with Crippen LogP contribution < -0.4 is 0 Å². The number of rotatable bonds is 3. The number of aromatic nitrogens is 2. The van der Waals surface area contributed by atoms with Crippen molar-refractivity contribution in [3.63, 3.8) is 0 Å². The van der Waals surface area contributed by atoms with Gasteiger partial charge in [-0.1, -0.05) is 48.5 Å². The molecule has 0 spiro atoms. The van der Waals surface area contributed by atoms with E-state index in [-0.39, 0.29) is 11.8 Å². The highest BCUT2D eigenvalue weighted by atomic mass is 16.5. The number of methoxy groups -OCH3 is 1. The monoisotopic (exact) mass is 368 g/mol. The summed E-state index contributed by atoms with van der Waals surface area (Å²) >= 11 is 0. The van der Waals surface area contributed by atoms with Gasteiger partial charge < -0.3 is 4.74 Å². The highest BCUT2D eigenvalue weighted by Gasteiger charge is 2.28. The van der Waals surface area contributed by atoms with Crippen molar-refractivity contribution in [1.82, 2.24) is 9.78 Å². The molecule has 0 atom stereocenters. The van der Waals surface area contributed by atoms with E-state index >= 15 is 0 Å². The molecule has 3 aromatic carbocycles. The van der Waals surface area contributed by atoms with Gasteiger partial charge in [0, 0.05) is 22.1 Å². The molecule has 0 bridgehead atoms. The minimum Gasteiger partial charge on any atom is -0.465 e. The van der Waals surface area contributed by atoms with Gasteiger partial charge in [0.15, 0.2) is 5.78 Å². The van der Waals surface area contributed by atoms with E-state index in [4.69, 9.17) is 9.84 Å². The van der Waals surface area contributed by atoms with Gasteiger partial charge >= 0.3 is 5.97 Å². The number of carbonyl (C=O) groups excluding carboxylic acids is 2. The Kier molecular flexibility index (Phi) is 3.62. The Balaban J connectivity index is 1.62. The fourth-order valence-corrected chi connectivity index (χ4v) is 3.80. The Morgan fingerprint density at radius 1 is 0.929 bits per heavy atom. The zero-order valence-electron chi connectivity index (χ0n) is 15.2. The van der Waals surface area contributed by atoms with E-state index in [1.165, 1.54) is 7.11 Å².